The summed E-state index contributed by atoms with van der Waals surface area (Å²) in [5, 5.41) is 0. The topological polar surface area (TPSA) is 29.3 Å². The summed E-state index contributed by atoms with van der Waals surface area (Å²) in [6.45, 7) is 3.96. The molecule has 0 saturated heterocycles. The van der Waals surface area contributed by atoms with Crippen molar-refractivity contribution >= 4 is 0 Å². The molecule has 2 N–H and O–H groups in total. The van der Waals surface area contributed by atoms with Crippen LogP contribution in [0.25, 0.3) is 0 Å². The van der Waals surface area contributed by atoms with Crippen molar-refractivity contribution in [2.45, 2.75) is 20.4 Å². The molecule has 0 unspecified atom stereocenters. The lowest BCUT2D eigenvalue weighted by Gasteiger charge is -2.29. The molecule has 20 heavy (non-hydrogen) atoms. The first-order valence-corrected chi connectivity index (χ1v) is 5.99. The Morgan fingerprint density at radius 3 is 1.70 bits per heavy atom. The summed E-state index contributed by atoms with van der Waals surface area (Å²) in [7, 11) is 1.52. The number of halogens is 5. The molecule has 0 aliphatic carbocycles. The molecule has 7 heteroatoms. The predicted molar refractivity (Wildman–Crippen MR) is 65.4 cm³/mol. The Hall–Kier alpha value is -1.21. The first kappa shape index (κ1) is 16.8. The number of rotatable bonds is 5. The highest BCUT2D eigenvalue weighted by Gasteiger charge is 2.27. The minimum atomic E-state index is -2.14. The lowest BCUT2D eigenvalue weighted by Crippen LogP contribution is -2.36. The second-order valence-electron chi connectivity index (χ2n) is 5.59. The van der Waals surface area contributed by atoms with E-state index in [-0.39, 0.29) is 5.41 Å². The van der Waals surface area contributed by atoms with Crippen molar-refractivity contribution in [3.8, 4) is 0 Å². The van der Waals surface area contributed by atoms with Crippen LogP contribution < -0.4 is 5.73 Å². The Morgan fingerprint density at radius 2 is 1.30 bits per heavy atom. The second-order valence-corrected chi connectivity index (χ2v) is 5.59. The van der Waals surface area contributed by atoms with E-state index in [0.29, 0.717) is 13.1 Å². The molecular weight excluding hydrogens is 279 g/mol. The monoisotopic (exact) mass is 296 g/mol. The summed E-state index contributed by atoms with van der Waals surface area (Å²) >= 11 is 0. The maximum Gasteiger partial charge on any atom is 0.200 e. The Morgan fingerprint density at radius 1 is 0.900 bits per heavy atom. The number of nitrogens with zero attached hydrogens (tertiary/aromatic N) is 1. The predicted octanol–water partition coefficient (Wildman–Crippen LogP) is 2.80. The van der Waals surface area contributed by atoms with E-state index in [1.165, 1.54) is 11.9 Å². The fourth-order valence-corrected chi connectivity index (χ4v) is 1.91. The molecule has 0 saturated carbocycles. The zero-order valence-electron chi connectivity index (χ0n) is 11.5. The van der Waals surface area contributed by atoms with Crippen molar-refractivity contribution in [2.75, 3.05) is 20.1 Å². The van der Waals surface area contributed by atoms with Crippen LogP contribution in [0.5, 0.6) is 0 Å². The fourth-order valence-electron chi connectivity index (χ4n) is 1.91. The van der Waals surface area contributed by atoms with Gasteiger partial charge in [-0.1, -0.05) is 13.8 Å². The van der Waals surface area contributed by atoms with Crippen LogP contribution in [0, 0.1) is 34.5 Å². The van der Waals surface area contributed by atoms with Gasteiger partial charge in [0.2, 0.25) is 5.82 Å². The van der Waals surface area contributed by atoms with Crippen LogP contribution in [0.4, 0.5) is 22.0 Å². The molecular formula is C13H17F5N2. The van der Waals surface area contributed by atoms with E-state index in [2.05, 4.69) is 0 Å². The molecule has 1 aromatic rings. The van der Waals surface area contributed by atoms with Gasteiger partial charge in [0, 0.05) is 18.7 Å². The Bertz CT molecular complexity index is 473. The van der Waals surface area contributed by atoms with Crippen molar-refractivity contribution < 1.29 is 22.0 Å². The summed E-state index contributed by atoms with van der Waals surface area (Å²) in [4.78, 5) is 1.46. The van der Waals surface area contributed by atoms with Crippen LogP contribution in [0.15, 0.2) is 0 Å². The average molecular weight is 296 g/mol. The van der Waals surface area contributed by atoms with Gasteiger partial charge in [0.15, 0.2) is 23.3 Å². The summed E-state index contributed by atoms with van der Waals surface area (Å²) in [6.07, 6.45) is 0. The highest BCUT2D eigenvalue weighted by Crippen LogP contribution is 2.25. The molecule has 0 atom stereocenters. The van der Waals surface area contributed by atoms with E-state index in [1.807, 2.05) is 13.8 Å². The van der Waals surface area contributed by atoms with Gasteiger partial charge in [0.05, 0.1) is 0 Å². The molecule has 0 aromatic heterocycles. The Balaban J connectivity index is 3.05. The first-order valence-electron chi connectivity index (χ1n) is 5.99. The molecule has 0 aliphatic rings. The zero-order valence-corrected chi connectivity index (χ0v) is 11.5. The van der Waals surface area contributed by atoms with Crippen molar-refractivity contribution in [2.24, 2.45) is 11.1 Å². The first-order chi connectivity index (χ1) is 9.10. The molecule has 0 bridgehead atoms. The smallest absolute Gasteiger partial charge is 0.200 e. The van der Waals surface area contributed by atoms with Gasteiger partial charge in [0.25, 0.3) is 0 Å². The number of hydrogen-bond acceptors (Lipinski definition) is 2. The average Bonchev–Trinajstić information content (AvgIpc) is 2.38. The van der Waals surface area contributed by atoms with Crippen LogP contribution in [-0.2, 0) is 6.54 Å². The minimum Gasteiger partial charge on any atom is -0.330 e. The standard InChI is InChI=1S/C13H17F5N2/c1-13(2,5-19)6-20(3)4-7-8(14)10(16)12(18)11(17)9(7)15/h4-6,19H2,1-3H3. The highest BCUT2D eigenvalue weighted by atomic mass is 19.2. The van der Waals surface area contributed by atoms with Gasteiger partial charge in [-0.25, -0.2) is 22.0 Å². The SMILES string of the molecule is CN(Cc1c(F)c(F)c(F)c(F)c1F)CC(C)(C)CN. The van der Waals surface area contributed by atoms with Crippen LogP contribution in [0.3, 0.4) is 0 Å². The molecule has 0 aliphatic heterocycles. The lowest BCUT2D eigenvalue weighted by atomic mass is 9.93. The summed E-state index contributed by atoms with van der Waals surface area (Å²) in [5.41, 5.74) is 4.36. The third-order valence-electron chi connectivity index (χ3n) is 2.98. The maximum atomic E-state index is 13.5. The van der Waals surface area contributed by atoms with Crippen LogP contribution >= 0.6 is 0 Å². The van der Waals surface area contributed by atoms with Crippen LogP contribution in [0.2, 0.25) is 0 Å². The summed E-state index contributed by atoms with van der Waals surface area (Å²) < 4.78 is 66.0. The van der Waals surface area contributed by atoms with Crippen molar-refractivity contribution in [1.82, 2.24) is 4.90 Å². The molecule has 0 amide bonds. The molecule has 1 aromatic carbocycles. The zero-order chi connectivity index (χ0) is 15.7. The highest BCUT2D eigenvalue weighted by molar-refractivity contribution is 5.24. The van der Waals surface area contributed by atoms with Gasteiger partial charge in [-0.05, 0) is 19.0 Å². The maximum absolute atomic E-state index is 13.5. The normalized spacial score (nSPS) is 12.3. The largest absolute Gasteiger partial charge is 0.330 e. The summed E-state index contributed by atoms with van der Waals surface area (Å²) in [5.74, 6) is -9.58. The van der Waals surface area contributed by atoms with E-state index < -0.39 is 41.2 Å². The molecule has 0 heterocycles. The lowest BCUT2D eigenvalue weighted by molar-refractivity contribution is 0.203. The minimum absolute atomic E-state index is 0.328. The van der Waals surface area contributed by atoms with E-state index in [9.17, 15) is 22.0 Å². The van der Waals surface area contributed by atoms with Gasteiger partial charge >= 0.3 is 0 Å². The van der Waals surface area contributed by atoms with Crippen LogP contribution in [0.1, 0.15) is 19.4 Å². The van der Waals surface area contributed by atoms with Gasteiger partial charge < -0.3 is 10.6 Å². The molecule has 1 rings (SSSR count). The van der Waals surface area contributed by atoms with Gasteiger partial charge in [-0.3, -0.25) is 0 Å². The Kier molecular flexibility index (Phi) is 5.10. The molecule has 0 spiro atoms. The molecule has 2 nitrogen and oxygen atoms in total. The molecule has 0 radical (unpaired) electrons. The third-order valence-corrected chi connectivity index (χ3v) is 2.98. The fraction of sp³-hybridized carbons (Fsp3) is 0.538. The quantitative estimate of drug-likeness (QED) is 0.514. The second kappa shape index (κ2) is 6.05. The van der Waals surface area contributed by atoms with E-state index in [4.69, 9.17) is 5.73 Å². The van der Waals surface area contributed by atoms with Crippen molar-refractivity contribution in [3.63, 3.8) is 0 Å². The molecule has 0 fully saturated rings. The summed E-state index contributed by atoms with van der Waals surface area (Å²) in [6, 6.07) is 0. The third kappa shape index (κ3) is 3.46. The van der Waals surface area contributed by atoms with Crippen molar-refractivity contribution in [1.29, 1.82) is 0 Å². The van der Waals surface area contributed by atoms with Gasteiger partial charge in [-0.2, -0.15) is 0 Å². The van der Waals surface area contributed by atoms with Gasteiger partial charge in [-0.15, -0.1) is 0 Å². The van der Waals surface area contributed by atoms with Crippen LogP contribution in [-0.4, -0.2) is 25.0 Å². The molecule has 114 valence electrons. The van der Waals surface area contributed by atoms with Crippen molar-refractivity contribution in [3.05, 3.63) is 34.6 Å². The number of hydrogen-bond donors (Lipinski definition) is 1. The van der Waals surface area contributed by atoms with Gasteiger partial charge in [0.1, 0.15) is 0 Å². The number of nitrogens with two attached hydrogens (primary N) is 1. The van der Waals surface area contributed by atoms with E-state index in [1.54, 1.807) is 0 Å². The van der Waals surface area contributed by atoms with E-state index in [0.717, 1.165) is 0 Å². The van der Waals surface area contributed by atoms with E-state index >= 15 is 0 Å². The Labute approximate surface area is 114 Å². The number of benzene rings is 1.